The van der Waals surface area contributed by atoms with Crippen molar-refractivity contribution in [1.82, 2.24) is 10.6 Å². The molecule has 0 aliphatic heterocycles. The van der Waals surface area contributed by atoms with Crippen LogP contribution in [0.4, 0.5) is 10.5 Å². The highest BCUT2D eigenvalue weighted by molar-refractivity contribution is 5.89. The van der Waals surface area contributed by atoms with Crippen LogP contribution in [-0.4, -0.2) is 46.6 Å². The molecule has 0 spiro atoms. The van der Waals surface area contributed by atoms with Crippen LogP contribution < -0.4 is 16.0 Å². The molecule has 0 fully saturated rings. The van der Waals surface area contributed by atoms with Gasteiger partial charge < -0.3 is 25.4 Å². The second kappa shape index (κ2) is 10.1. The fourth-order valence-electron chi connectivity index (χ4n) is 1.68. The molecule has 1 aromatic rings. The highest BCUT2D eigenvalue weighted by Gasteiger charge is 2.04. The number of carbonyl (C=O) groups is 1. The monoisotopic (exact) mass is 295 g/mol. The molecular weight excluding hydrogens is 270 g/mol. The van der Waals surface area contributed by atoms with E-state index in [9.17, 15) is 4.79 Å². The van der Waals surface area contributed by atoms with Crippen LogP contribution in [0.2, 0.25) is 0 Å². The third-order valence-electron chi connectivity index (χ3n) is 3.07. The van der Waals surface area contributed by atoms with Crippen molar-refractivity contribution >= 4 is 11.7 Å². The third kappa shape index (κ3) is 7.08. The van der Waals surface area contributed by atoms with Crippen molar-refractivity contribution in [3.8, 4) is 0 Å². The van der Waals surface area contributed by atoms with E-state index in [1.807, 2.05) is 31.3 Å². The molecule has 6 heteroatoms. The Kier molecular flexibility index (Phi) is 8.42. The lowest BCUT2D eigenvalue weighted by Crippen LogP contribution is -2.31. The molecule has 0 saturated carbocycles. The van der Waals surface area contributed by atoms with E-state index < -0.39 is 0 Å². The summed E-state index contributed by atoms with van der Waals surface area (Å²) in [5, 5.41) is 8.67. The van der Waals surface area contributed by atoms with Gasteiger partial charge in [-0.05, 0) is 31.7 Å². The van der Waals surface area contributed by atoms with Crippen molar-refractivity contribution in [2.45, 2.75) is 13.0 Å². The average Bonchev–Trinajstić information content (AvgIpc) is 2.50. The van der Waals surface area contributed by atoms with Gasteiger partial charge in [-0.15, -0.1) is 0 Å². The van der Waals surface area contributed by atoms with Crippen LogP contribution in [0.1, 0.15) is 18.5 Å². The molecule has 118 valence electrons. The number of urea groups is 1. The van der Waals surface area contributed by atoms with Crippen LogP contribution in [0.25, 0.3) is 0 Å². The summed E-state index contributed by atoms with van der Waals surface area (Å²) < 4.78 is 10.1. The maximum Gasteiger partial charge on any atom is 0.319 e. The Hall–Kier alpha value is -1.63. The van der Waals surface area contributed by atoms with Gasteiger partial charge in [-0.3, -0.25) is 0 Å². The minimum Gasteiger partial charge on any atom is -0.382 e. The lowest BCUT2D eigenvalue weighted by atomic mass is 10.1. The Labute approximate surface area is 126 Å². The lowest BCUT2D eigenvalue weighted by molar-refractivity contribution is 0.0728. The van der Waals surface area contributed by atoms with Crippen LogP contribution >= 0.6 is 0 Å². The van der Waals surface area contributed by atoms with Gasteiger partial charge in [-0.1, -0.05) is 12.1 Å². The predicted octanol–water partition coefficient (Wildman–Crippen LogP) is 1.75. The zero-order valence-electron chi connectivity index (χ0n) is 12.9. The number of ether oxygens (including phenoxy) is 2. The molecule has 1 atom stereocenters. The van der Waals surface area contributed by atoms with Crippen LogP contribution in [-0.2, 0) is 9.47 Å². The SMILES string of the molecule is CNC(C)c1ccc(NC(=O)NCCOCCOC)cc1. The number of carbonyl (C=O) groups excluding carboxylic acids is 1. The molecule has 2 amide bonds. The van der Waals surface area contributed by atoms with Gasteiger partial charge in [0.2, 0.25) is 0 Å². The molecule has 0 aliphatic carbocycles. The second-order valence-electron chi connectivity index (χ2n) is 4.62. The quantitative estimate of drug-likeness (QED) is 0.607. The standard InChI is InChI=1S/C15H25N3O3/c1-12(16-2)13-4-6-14(7-5-13)18-15(19)17-8-9-21-11-10-20-3/h4-7,12,16H,8-11H2,1-3H3,(H2,17,18,19). The minimum atomic E-state index is -0.236. The Morgan fingerprint density at radius 3 is 2.52 bits per heavy atom. The molecule has 3 N–H and O–H groups in total. The number of amides is 2. The first-order chi connectivity index (χ1) is 10.2. The summed E-state index contributed by atoms with van der Waals surface area (Å²) in [6.07, 6.45) is 0. The Bertz CT molecular complexity index is 409. The molecule has 0 heterocycles. The average molecular weight is 295 g/mol. The molecule has 21 heavy (non-hydrogen) atoms. The van der Waals surface area contributed by atoms with E-state index in [0.29, 0.717) is 26.4 Å². The molecule has 0 aromatic heterocycles. The van der Waals surface area contributed by atoms with E-state index >= 15 is 0 Å². The Morgan fingerprint density at radius 2 is 1.90 bits per heavy atom. The van der Waals surface area contributed by atoms with E-state index in [4.69, 9.17) is 9.47 Å². The summed E-state index contributed by atoms with van der Waals surface area (Å²) in [4.78, 5) is 11.7. The smallest absolute Gasteiger partial charge is 0.319 e. The summed E-state index contributed by atoms with van der Waals surface area (Å²) in [6, 6.07) is 7.81. The van der Waals surface area contributed by atoms with Gasteiger partial charge >= 0.3 is 6.03 Å². The summed E-state index contributed by atoms with van der Waals surface area (Å²) in [7, 11) is 3.54. The van der Waals surface area contributed by atoms with Gasteiger partial charge in [0, 0.05) is 25.4 Å². The van der Waals surface area contributed by atoms with Gasteiger partial charge in [0.1, 0.15) is 0 Å². The van der Waals surface area contributed by atoms with E-state index in [-0.39, 0.29) is 12.1 Å². The van der Waals surface area contributed by atoms with Crippen molar-refractivity contribution in [2.75, 3.05) is 45.8 Å². The molecule has 0 bridgehead atoms. The van der Waals surface area contributed by atoms with Gasteiger partial charge in [-0.25, -0.2) is 4.79 Å². The third-order valence-corrected chi connectivity index (χ3v) is 3.07. The van der Waals surface area contributed by atoms with E-state index in [1.165, 1.54) is 5.56 Å². The minimum absolute atomic E-state index is 0.236. The molecule has 6 nitrogen and oxygen atoms in total. The van der Waals surface area contributed by atoms with Crippen LogP contribution in [0.5, 0.6) is 0 Å². The zero-order valence-corrected chi connectivity index (χ0v) is 12.9. The van der Waals surface area contributed by atoms with Crippen molar-refractivity contribution in [1.29, 1.82) is 0 Å². The molecule has 0 radical (unpaired) electrons. The number of hydrogen-bond donors (Lipinski definition) is 3. The number of benzene rings is 1. The van der Waals surface area contributed by atoms with Crippen molar-refractivity contribution < 1.29 is 14.3 Å². The van der Waals surface area contributed by atoms with E-state index in [1.54, 1.807) is 7.11 Å². The van der Waals surface area contributed by atoms with E-state index in [2.05, 4.69) is 22.9 Å². The number of anilines is 1. The number of nitrogens with one attached hydrogen (secondary N) is 3. The van der Waals surface area contributed by atoms with Crippen molar-refractivity contribution in [2.24, 2.45) is 0 Å². The highest BCUT2D eigenvalue weighted by Crippen LogP contribution is 2.15. The molecule has 1 unspecified atom stereocenters. The first-order valence-corrected chi connectivity index (χ1v) is 7.06. The molecule has 1 rings (SSSR count). The van der Waals surface area contributed by atoms with Gasteiger partial charge in [-0.2, -0.15) is 0 Å². The maximum atomic E-state index is 11.7. The normalized spacial score (nSPS) is 12.0. The summed E-state index contributed by atoms with van der Waals surface area (Å²) in [5.41, 5.74) is 1.94. The second-order valence-corrected chi connectivity index (χ2v) is 4.62. The summed E-state index contributed by atoms with van der Waals surface area (Å²) in [5.74, 6) is 0. The topological polar surface area (TPSA) is 71.6 Å². The summed E-state index contributed by atoms with van der Waals surface area (Å²) in [6.45, 7) is 4.10. The van der Waals surface area contributed by atoms with Crippen molar-refractivity contribution in [3.63, 3.8) is 0 Å². The number of methoxy groups -OCH3 is 1. The van der Waals surface area contributed by atoms with Gasteiger partial charge in [0.15, 0.2) is 0 Å². The van der Waals surface area contributed by atoms with Crippen molar-refractivity contribution in [3.05, 3.63) is 29.8 Å². The number of rotatable bonds is 9. The first-order valence-electron chi connectivity index (χ1n) is 7.06. The molecule has 0 aliphatic rings. The Balaban J connectivity index is 2.25. The molecule has 0 saturated heterocycles. The fourth-order valence-corrected chi connectivity index (χ4v) is 1.68. The van der Waals surface area contributed by atoms with Gasteiger partial charge in [0.25, 0.3) is 0 Å². The van der Waals surface area contributed by atoms with E-state index in [0.717, 1.165) is 5.69 Å². The maximum absolute atomic E-state index is 11.7. The lowest BCUT2D eigenvalue weighted by Gasteiger charge is -2.12. The Morgan fingerprint density at radius 1 is 1.19 bits per heavy atom. The largest absolute Gasteiger partial charge is 0.382 e. The predicted molar refractivity (Wildman–Crippen MR) is 83.6 cm³/mol. The van der Waals surface area contributed by atoms with Crippen LogP contribution in [0.3, 0.4) is 0 Å². The fraction of sp³-hybridized carbons (Fsp3) is 0.533. The molecular formula is C15H25N3O3. The number of hydrogen-bond acceptors (Lipinski definition) is 4. The van der Waals surface area contributed by atoms with Crippen LogP contribution in [0, 0.1) is 0 Å². The van der Waals surface area contributed by atoms with Gasteiger partial charge in [0.05, 0.1) is 19.8 Å². The first kappa shape index (κ1) is 17.4. The molecule has 1 aromatic carbocycles. The zero-order chi connectivity index (χ0) is 15.5. The summed E-state index contributed by atoms with van der Waals surface area (Å²) >= 11 is 0. The highest BCUT2D eigenvalue weighted by atomic mass is 16.5. The van der Waals surface area contributed by atoms with Crippen LogP contribution in [0.15, 0.2) is 24.3 Å².